The van der Waals surface area contributed by atoms with Crippen LogP contribution >= 0.6 is 11.6 Å². The van der Waals surface area contributed by atoms with Crippen molar-refractivity contribution in [2.24, 2.45) is 0 Å². The van der Waals surface area contributed by atoms with Crippen LogP contribution in [0.4, 0.5) is 10.1 Å². The number of aryl methyl sites for hydroxylation is 1. The highest BCUT2D eigenvalue weighted by Gasteiger charge is 2.24. The van der Waals surface area contributed by atoms with Crippen LogP contribution in [0, 0.1) is 5.82 Å². The number of carbonyl (C=O) groups is 2. The predicted octanol–water partition coefficient (Wildman–Crippen LogP) is 1.75. The summed E-state index contributed by atoms with van der Waals surface area (Å²) >= 11 is 5.57. The number of nitrogens with zero attached hydrogens (tertiary/aromatic N) is 3. The van der Waals surface area contributed by atoms with E-state index in [1.54, 1.807) is 15.5 Å². The molecule has 0 spiro atoms. The minimum Gasteiger partial charge on any atom is -0.477 e. The third-order valence-corrected chi connectivity index (χ3v) is 5.04. The number of hydrogen-bond donors (Lipinski definition) is 1. The van der Waals surface area contributed by atoms with E-state index in [9.17, 15) is 23.9 Å². The first-order valence-corrected chi connectivity index (χ1v) is 9.09. The smallest absolute Gasteiger partial charge is 0.341 e. The zero-order valence-corrected chi connectivity index (χ0v) is 15.5. The molecule has 27 heavy (non-hydrogen) atoms. The zero-order chi connectivity index (χ0) is 19.7. The molecular weight excluding hydrogens is 377 g/mol. The zero-order valence-electron chi connectivity index (χ0n) is 14.7. The number of aromatic nitrogens is 1. The molecule has 0 aliphatic carbocycles. The van der Waals surface area contributed by atoms with Crippen LogP contribution in [-0.2, 0) is 11.3 Å². The number of pyridine rings is 1. The van der Waals surface area contributed by atoms with E-state index in [-0.39, 0.29) is 22.7 Å². The van der Waals surface area contributed by atoms with E-state index in [0.29, 0.717) is 43.9 Å². The van der Waals surface area contributed by atoms with Crippen molar-refractivity contribution in [3.63, 3.8) is 0 Å². The number of carbonyl (C=O) groups excluding carboxylic acids is 1. The Bertz CT molecular complexity index is 967. The van der Waals surface area contributed by atoms with E-state index in [4.69, 9.17) is 11.6 Å². The summed E-state index contributed by atoms with van der Waals surface area (Å²) in [7, 11) is 0. The molecule has 0 radical (unpaired) electrons. The maximum atomic E-state index is 14.7. The number of fused-ring (bicyclic) bond motifs is 1. The topological polar surface area (TPSA) is 82.8 Å². The van der Waals surface area contributed by atoms with Gasteiger partial charge in [-0.05, 0) is 19.1 Å². The molecule has 0 bridgehead atoms. The second kappa shape index (κ2) is 7.56. The number of amides is 1. The van der Waals surface area contributed by atoms with Gasteiger partial charge in [-0.25, -0.2) is 9.18 Å². The minimum atomic E-state index is -1.34. The van der Waals surface area contributed by atoms with Crippen LogP contribution < -0.4 is 10.3 Å². The van der Waals surface area contributed by atoms with E-state index in [1.165, 1.54) is 6.20 Å². The van der Waals surface area contributed by atoms with Gasteiger partial charge in [0, 0.05) is 44.3 Å². The highest BCUT2D eigenvalue weighted by Crippen LogP contribution is 2.26. The Hall–Kier alpha value is -2.61. The van der Waals surface area contributed by atoms with Gasteiger partial charge in [0.1, 0.15) is 17.3 Å². The van der Waals surface area contributed by atoms with Gasteiger partial charge in [0.05, 0.1) is 11.2 Å². The summed E-state index contributed by atoms with van der Waals surface area (Å²) < 4.78 is 16.4. The second-order valence-corrected chi connectivity index (χ2v) is 6.55. The van der Waals surface area contributed by atoms with Gasteiger partial charge < -0.3 is 19.5 Å². The average molecular weight is 396 g/mol. The van der Waals surface area contributed by atoms with Crippen LogP contribution in [0.5, 0.6) is 0 Å². The first-order valence-electron chi connectivity index (χ1n) is 8.56. The van der Waals surface area contributed by atoms with Crippen LogP contribution in [0.1, 0.15) is 17.3 Å². The van der Waals surface area contributed by atoms with Crippen LogP contribution in [0.15, 0.2) is 23.1 Å². The lowest BCUT2D eigenvalue weighted by molar-refractivity contribution is -0.128. The summed E-state index contributed by atoms with van der Waals surface area (Å²) in [6.07, 6.45) is 1.28. The fraction of sp³-hybridized carbons (Fsp3) is 0.389. The van der Waals surface area contributed by atoms with Crippen molar-refractivity contribution in [3.05, 3.63) is 39.9 Å². The Balaban J connectivity index is 2.03. The standard InChI is InChI=1S/C18H19ClFN3O4/c1-2-21-10-12(18(26)27)17(25)11-7-13(20)15(8-14(11)21)22-3-5-23(6-4-22)16(24)9-19/h7-8,10H,2-6,9H2,1H3,(H,26,27). The Kier molecular flexibility index (Phi) is 5.36. The molecule has 2 aromatic rings. The van der Waals surface area contributed by atoms with Crippen LogP contribution in [0.2, 0.25) is 0 Å². The van der Waals surface area contributed by atoms with E-state index in [0.717, 1.165) is 6.07 Å². The van der Waals surface area contributed by atoms with Crippen molar-refractivity contribution in [2.75, 3.05) is 37.0 Å². The molecule has 1 aromatic carbocycles. The number of carboxylic acid groups (broad SMARTS) is 1. The largest absolute Gasteiger partial charge is 0.477 e. The summed E-state index contributed by atoms with van der Waals surface area (Å²) in [6.45, 7) is 3.99. The Morgan fingerprint density at radius 1 is 1.22 bits per heavy atom. The second-order valence-electron chi connectivity index (χ2n) is 6.29. The molecule has 1 aromatic heterocycles. The predicted molar refractivity (Wildman–Crippen MR) is 100 cm³/mol. The number of rotatable bonds is 4. The molecule has 7 nitrogen and oxygen atoms in total. The number of piperazine rings is 1. The molecule has 3 rings (SSSR count). The third-order valence-electron chi connectivity index (χ3n) is 4.81. The Labute approximate surface area is 159 Å². The van der Waals surface area contributed by atoms with E-state index in [1.807, 2.05) is 11.8 Å². The summed E-state index contributed by atoms with van der Waals surface area (Å²) in [5, 5.41) is 9.24. The molecule has 9 heteroatoms. The highest BCUT2D eigenvalue weighted by molar-refractivity contribution is 6.27. The molecule has 1 N–H and O–H groups in total. The van der Waals surface area contributed by atoms with Gasteiger partial charge in [0.15, 0.2) is 0 Å². The van der Waals surface area contributed by atoms with Gasteiger partial charge >= 0.3 is 5.97 Å². The number of hydrogen-bond acceptors (Lipinski definition) is 4. The SMILES string of the molecule is CCn1cc(C(=O)O)c(=O)c2cc(F)c(N3CCN(C(=O)CCl)CC3)cc21. The van der Waals surface area contributed by atoms with Gasteiger partial charge in [-0.2, -0.15) is 0 Å². The van der Waals surface area contributed by atoms with E-state index < -0.39 is 17.2 Å². The van der Waals surface area contributed by atoms with Crippen LogP contribution in [0.25, 0.3) is 10.9 Å². The lowest BCUT2D eigenvalue weighted by atomic mass is 10.1. The lowest BCUT2D eigenvalue weighted by Gasteiger charge is -2.36. The van der Waals surface area contributed by atoms with Crippen LogP contribution in [-0.4, -0.2) is 58.5 Å². The van der Waals surface area contributed by atoms with Crippen molar-refractivity contribution < 1.29 is 19.1 Å². The van der Waals surface area contributed by atoms with Gasteiger partial charge in [-0.1, -0.05) is 0 Å². The molecule has 0 saturated carbocycles. The number of benzene rings is 1. The first-order chi connectivity index (χ1) is 12.9. The molecule has 2 heterocycles. The van der Waals surface area contributed by atoms with Gasteiger partial charge in [-0.15, -0.1) is 11.6 Å². The normalized spacial score (nSPS) is 14.6. The quantitative estimate of drug-likeness (QED) is 0.797. The van der Waals surface area contributed by atoms with Gasteiger partial charge in [0.2, 0.25) is 11.3 Å². The van der Waals surface area contributed by atoms with E-state index in [2.05, 4.69) is 0 Å². The monoisotopic (exact) mass is 395 g/mol. The fourth-order valence-electron chi connectivity index (χ4n) is 3.34. The Morgan fingerprint density at radius 2 is 1.89 bits per heavy atom. The van der Waals surface area contributed by atoms with Gasteiger partial charge in [0.25, 0.3) is 0 Å². The number of aromatic carboxylic acids is 1. The molecule has 0 atom stereocenters. The van der Waals surface area contributed by atoms with E-state index >= 15 is 0 Å². The fourth-order valence-corrected chi connectivity index (χ4v) is 3.51. The molecule has 144 valence electrons. The maximum Gasteiger partial charge on any atom is 0.341 e. The number of alkyl halides is 1. The van der Waals surface area contributed by atoms with Crippen molar-refractivity contribution >= 4 is 40.1 Å². The van der Waals surface area contributed by atoms with Crippen molar-refractivity contribution in [3.8, 4) is 0 Å². The average Bonchev–Trinajstić information content (AvgIpc) is 2.67. The summed E-state index contributed by atoms with van der Waals surface area (Å²) in [5.41, 5.74) is -0.289. The van der Waals surface area contributed by atoms with Crippen molar-refractivity contribution in [1.82, 2.24) is 9.47 Å². The molecule has 0 unspecified atom stereocenters. The molecule has 1 aliphatic heterocycles. The summed E-state index contributed by atoms with van der Waals surface area (Å²) in [6, 6.07) is 2.67. The number of halogens is 2. The molecule has 1 amide bonds. The summed E-state index contributed by atoms with van der Waals surface area (Å²) in [5.74, 6) is -2.18. The van der Waals surface area contributed by atoms with Gasteiger partial charge in [-0.3, -0.25) is 9.59 Å². The maximum absolute atomic E-state index is 14.7. The third kappa shape index (κ3) is 3.49. The lowest BCUT2D eigenvalue weighted by Crippen LogP contribution is -2.49. The Morgan fingerprint density at radius 3 is 2.44 bits per heavy atom. The molecular formula is C18H19ClFN3O4. The number of carboxylic acids is 1. The molecule has 1 aliphatic rings. The molecule has 1 fully saturated rings. The van der Waals surface area contributed by atoms with Crippen molar-refractivity contribution in [2.45, 2.75) is 13.5 Å². The first kappa shape index (κ1) is 19.2. The molecule has 1 saturated heterocycles. The van der Waals surface area contributed by atoms with Crippen molar-refractivity contribution in [1.29, 1.82) is 0 Å². The minimum absolute atomic E-state index is 0.0361. The summed E-state index contributed by atoms with van der Waals surface area (Å²) in [4.78, 5) is 38.8. The van der Waals surface area contributed by atoms with Crippen LogP contribution in [0.3, 0.4) is 0 Å². The highest BCUT2D eigenvalue weighted by atomic mass is 35.5. The number of anilines is 1.